The number of fused-ring (bicyclic) bond motifs is 18. The molecule has 9 nitrogen and oxygen atoms in total. The molecule has 9 aromatic heterocycles. The van der Waals surface area contributed by atoms with Crippen molar-refractivity contribution in [3.05, 3.63) is 249 Å². The summed E-state index contributed by atoms with van der Waals surface area (Å²) in [5.74, 6) is 1.50. The maximum Gasteiger partial charge on any atom is 0.162 e. The van der Waals surface area contributed by atoms with Crippen molar-refractivity contribution in [3.8, 4) is 45.4 Å². The Hall–Kier alpha value is -10.9. The lowest BCUT2D eigenvalue weighted by molar-refractivity contribution is 1.08. The van der Waals surface area contributed by atoms with Crippen molar-refractivity contribution in [2.75, 3.05) is 0 Å². The second-order valence-electron chi connectivity index (χ2n) is 21.7. The van der Waals surface area contributed by atoms with Crippen molar-refractivity contribution in [3.63, 3.8) is 0 Å². The van der Waals surface area contributed by atoms with Crippen molar-refractivity contribution < 1.29 is 0 Å². The number of rotatable bonds is 6. The van der Waals surface area contributed by atoms with Crippen LogP contribution in [0.2, 0.25) is 0 Å². The molecular weight excluding hydrogens is 1070 g/mol. The summed E-state index contributed by atoms with van der Waals surface area (Å²) in [6.45, 7) is 0. The molecule has 0 saturated carbocycles. The fourth-order valence-corrected chi connectivity index (χ4v) is 15.8. The summed E-state index contributed by atoms with van der Waals surface area (Å²) >= 11 is 3.50. The first kappa shape index (κ1) is 45.8. The number of aromatic nitrogens is 9. The van der Waals surface area contributed by atoms with Gasteiger partial charge in [0.05, 0.1) is 75.0 Å². The molecule has 390 valence electrons. The van der Waals surface area contributed by atoms with E-state index in [4.69, 9.17) is 9.97 Å². The Balaban J connectivity index is 0.768. The molecule has 0 N–H and O–H groups in total. The minimum absolute atomic E-state index is 0.652. The second-order valence-corrected chi connectivity index (χ2v) is 23.8. The van der Waals surface area contributed by atoms with Gasteiger partial charge in [-0.3, -0.25) is 9.55 Å². The maximum atomic E-state index is 5.52. The van der Waals surface area contributed by atoms with E-state index in [-0.39, 0.29) is 0 Å². The van der Waals surface area contributed by atoms with Crippen molar-refractivity contribution in [2.45, 2.75) is 0 Å². The minimum atomic E-state index is 0.652. The van der Waals surface area contributed by atoms with Gasteiger partial charge in [-0.1, -0.05) is 115 Å². The van der Waals surface area contributed by atoms with E-state index in [1.165, 1.54) is 48.1 Å². The molecule has 19 aromatic rings. The third-order valence-electron chi connectivity index (χ3n) is 17.2. The third-order valence-corrected chi connectivity index (χ3v) is 19.5. The van der Waals surface area contributed by atoms with Gasteiger partial charge >= 0.3 is 0 Å². The van der Waals surface area contributed by atoms with Crippen molar-refractivity contribution in [2.24, 2.45) is 0 Å². The standard InChI is InChI=1S/C73H41N9S2/c1-6-18-57-47(12-1)48-13-2-7-19-58(48)79(57)45-27-30-64-55(39-45)51-16-5-10-22-61(51)82(64)73-71-69(77-72(78-73)42-32-34-74-35-33-42)56-37-44(25-31-66(56)83-71)43-24-28-62-53(36-43)49-14-3-8-20-59(49)80(62)46-26-29-63-54(38-46)50-15-4-9-21-60(50)81(63)65-23-11-17-52-68-67(84-70(52)65)40-75-41-76-68/h1-41H. The van der Waals surface area contributed by atoms with Gasteiger partial charge in [-0.05, 0) is 120 Å². The van der Waals surface area contributed by atoms with Gasteiger partial charge in [-0.15, -0.1) is 22.7 Å². The molecular formula is C73H41N9S2. The molecule has 0 saturated heterocycles. The van der Waals surface area contributed by atoms with Crippen LogP contribution in [0.4, 0.5) is 0 Å². The highest BCUT2D eigenvalue weighted by atomic mass is 32.1. The number of hydrogen-bond donors (Lipinski definition) is 0. The molecule has 11 heteroatoms. The van der Waals surface area contributed by atoms with Crippen LogP contribution in [0.5, 0.6) is 0 Å². The molecule has 0 spiro atoms. The first-order valence-electron chi connectivity index (χ1n) is 28.0. The maximum absolute atomic E-state index is 5.52. The number of hydrogen-bond acceptors (Lipinski definition) is 7. The first-order valence-corrected chi connectivity index (χ1v) is 29.7. The third kappa shape index (κ3) is 6.44. The van der Waals surface area contributed by atoms with Crippen LogP contribution >= 0.6 is 22.7 Å². The average molecular weight is 1110 g/mol. The number of pyridine rings is 1. The van der Waals surface area contributed by atoms with E-state index in [0.29, 0.717) is 5.82 Å². The molecule has 0 amide bonds. The predicted molar refractivity (Wildman–Crippen MR) is 349 cm³/mol. The van der Waals surface area contributed by atoms with Crippen LogP contribution in [-0.4, -0.2) is 43.2 Å². The molecule has 0 aliphatic carbocycles. The van der Waals surface area contributed by atoms with E-state index in [9.17, 15) is 0 Å². The molecule has 0 radical (unpaired) electrons. The van der Waals surface area contributed by atoms with Gasteiger partial charge in [0.15, 0.2) is 11.6 Å². The Labute approximate surface area is 485 Å². The van der Waals surface area contributed by atoms with E-state index in [1.54, 1.807) is 29.0 Å². The molecule has 9 heterocycles. The lowest BCUT2D eigenvalue weighted by Gasteiger charge is -2.12. The zero-order valence-corrected chi connectivity index (χ0v) is 46.1. The largest absolute Gasteiger partial charge is 0.309 e. The Kier molecular flexibility index (Phi) is 9.46. The Morgan fingerprint density at radius 3 is 1.44 bits per heavy atom. The van der Waals surface area contributed by atoms with Gasteiger partial charge in [-0.25, -0.2) is 19.9 Å². The minimum Gasteiger partial charge on any atom is -0.309 e. The summed E-state index contributed by atoms with van der Waals surface area (Å²) in [5, 5.41) is 11.8. The van der Waals surface area contributed by atoms with E-state index in [0.717, 1.165) is 119 Å². The number of thiophene rings is 2. The highest BCUT2D eigenvalue weighted by Crippen LogP contribution is 2.46. The monoisotopic (exact) mass is 1110 g/mol. The zero-order chi connectivity index (χ0) is 54.7. The normalized spacial score (nSPS) is 12.3. The van der Waals surface area contributed by atoms with Crippen LogP contribution in [-0.2, 0) is 0 Å². The Bertz CT molecular complexity index is 5960. The lowest BCUT2D eigenvalue weighted by atomic mass is 10.0. The average Bonchev–Trinajstić information content (AvgIpc) is 2.24. The van der Waals surface area contributed by atoms with E-state index in [2.05, 4.69) is 246 Å². The van der Waals surface area contributed by atoms with Crippen LogP contribution in [0, 0.1) is 0 Å². The summed E-state index contributed by atoms with van der Waals surface area (Å²) in [4.78, 5) is 24.4. The first-order chi connectivity index (χ1) is 41.7. The van der Waals surface area contributed by atoms with Crippen molar-refractivity contribution >= 4 is 151 Å². The molecule has 19 rings (SSSR count). The van der Waals surface area contributed by atoms with Crippen LogP contribution < -0.4 is 0 Å². The van der Waals surface area contributed by atoms with Gasteiger partial charge in [0.2, 0.25) is 0 Å². The highest BCUT2D eigenvalue weighted by Gasteiger charge is 2.24. The topological polar surface area (TPSA) is 84.2 Å². The van der Waals surface area contributed by atoms with Crippen LogP contribution in [0.3, 0.4) is 0 Å². The number of para-hydroxylation sites is 5. The van der Waals surface area contributed by atoms with Gasteiger partial charge in [0.25, 0.3) is 0 Å². The van der Waals surface area contributed by atoms with Gasteiger partial charge in [0, 0.05) is 94.1 Å². The quantitative estimate of drug-likeness (QED) is 0.166. The molecule has 0 aliphatic heterocycles. The van der Waals surface area contributed by atoms with E-state index in [1.807, 2.05) is 30.7 Å². The summed E-state index contributed by atoms with van der Waals surface area (Å²) < 4.78 is 14.1. The zero-order valence-electron chi connectivity index (χ0n) is 44.5. The van der Waals surface area contributed by atoms with Gasteiger partial charge < -0.3 is 13.7 Å². The van der Waals surface area contributed by atoms with Gasteiger partial charge in [-0.2, -0.15) is 0 Å². The molecule has 10 aromatic carbocycles. The number of nitrogens with zero attached hydrogens (tertiary/aromatic N) is 9. The summed E-state index contributed by atoms with van der Waals surface area (Å²) in [5.41, 5.74) is 17.6. The fraction of sp³-hybridized carbons (Fsp3) is 0. The summed E-state index contributed by atoms with van der Waals surface area (Å²) in [7, 11) is 0. The van der Waals surface area contributed by atoms with E-state index >= 15 is 0 Å². The fourth-order valence-electron chi connectivity index (χ4n) is 13.6. The molecule has 0 unspecified atom stereocenters. The van der Waals surface area contributed by atoms with Crippen LogP contribution in [0.1, 0.15) is 0 Å². The number of benzene rings is 10. The molecule has 0 bridgehead atoms. The highest BCUT2D eigenvalue weighted by molar-refractivity contribution is 7.26. The lowest BCUT2D eigenvalue weighted by Crippen LogP contribution is -2.01. The second kappa shape index (κ2) is 17.3. The van der Waals surface area contributed by atoms with Gasteiger partial charge in [0.1, 0.15) is 6.33 Å². The smallest absolute Gasteiger partial charge is 0.162 e. The molecule has 0 fully saturated rings. The Morgan fingerprint density at radius 2 is 0.798 bits per heavy atom. The summed E-state index contributed by atoms with van der Waals surface area (Å²) in [6, 6.07) is 81.9. The van der Waals surface area contributed by atoms with Crippen molar-refractivity contribution in [1.82, 2.24) is 43.2 Å². The molecule has 0 aliphatic rings. The predicted octanol–water partition coefficient (Wildman–Crippen LogP) is 19.1. The van der Waals surface area contributed by atoms with E-state index < -0.39 is 0 Å². The summed E-state index contributed by atoms with van der Waals surface area (Å²) in [6.07, 6.45) is 7.20. The Morgan fingerprint density at radius 1 is 0.310 bits per heavy atom. The molecule has 84 heavy (non-hydrogen) atoms. The SMILES string of the molecule is c1cc(-n2c3ccccc3c3cc(-n4c5ccccc5c5cc(-c6ccc7sc8c(-n9c%10ccccc%10c%10cc(-n%11c%12ccccc%12c%12ccccc%12%11)ccc%109)nc(-c9ccncc9)nc8c7c6)ccc54)ccc32)c2sc3cncnc3c2c1. The van der Waals surface area contributed by atoms with Crippen molar-refractivity contribution in [1.29, 1.82) is 0 Å². The van der Waals surface area contributed by atoms with Crippen LogP contribution in [0.15, 0.2) is 249 Å². The van der Waals surface area contributed by atoms with Crippen LogP contribution in [0.25, 0.3) is 173 Å². The molecule has 0 atom stereocenters.